The number of rotatable bonds is 4. The van der Waals surface area contributed by atoms with Crippen LogP contribution in [0.25, 0.3) is 88.8 Å². The number of hydrogen-bond donors (Lipinski definition) is 0. The van der Waals surface area contributed by atoms with E-state index in [0.29, 0.717) is 0 Å². The van der Waals surface area contributed by atoms with Crippen molar-refractivity contribution in [2.75, 3.05) is 0 Å². The predicted octanol–water partition coefficient (Wildman–Crippen LogP) is 13.8. The van der Waals surface area contributed by atoms with Crippen molar-refractivity contribution in [3.05, 3.63) is 229 Å². The summed E-state index contributed by atoms with van der Waals surface area (Å²) in [6, 6.07) is 75.1. The van der Waals surface area contributed by atoms with Gasteiger partial charge >= 0.3 is 0 Å². The summed E-state index contributed by atoms with van der Waals surface area (Å²) in [6.45, 7) is 0. The molecule has 0 aliphatic heterocycles. The van der Waals surface area contributed by atoms with E-state index in [1.54, 1.807) is 0 Å². The Balaban J connectivity index is 1.01. The van der Waals surface area contributed by atoms with Gasteiger partial charge in [0.25, 0.3) is 0 Å². The van der Waals surface area contributed by atoms with E-state index < -0.39 is 5.41 Å². The van der Waals surface area contributed by atoms with Gasteiger partial charge in [-0.05, 0) is 101 Å². The average molecular weight is 723 g/mol. The third-order valence-electron chi connectivity index (χ3n) is 12.3. The molecule has 1 aromatic heterocycles. The quantitative estimate of drug-likeness (QED) is 0.181. The van der Waals surface area contributed by atoms with E-state index >= 15 is 0 Å². The molecule has 264 valence electrons. The van der Waals surface area contributed by atoms with Crippen LogP contribution in [-0.4, -0.2) is 9.97 Å². The third-order valence-corrected chi connectivity index (χ3v) is 12.3. The summed E-state index contributed by atoms with van der Waals surface area (Å²) in [5.41, 5.74) is 17.7. The van der Waals surface area contributed by atoms with Gasteiger partial charge in [-0.15, -0.1) is 0 Å². The van der Waals surface area contributed by atoms with Crippen LogP contribution < -0.4 is 0 Å². The van der Waals surface area contributed by atoms with Gasteiger partial charge < -0.3 is 0 Å². The van der Waals surface area contributed by atoms with Crippen LogP contribution in [0.2, 0.25) is 0 Å². The molecule has 0 bridgehead atoms. The number of nitrogens with zero attached hydrogens (tertiary/aromatic N) is 2. The number of aromatic nitrogens is 2. The van der Waals surface area contributed by atoms with Gasteiger partial charge in [0.05, 0.1) is 16.8 Å². The Morgan fingerprint density at radius 2 is 0.860 bits per heavy atom. The minimum atomic E-state index is -0.400. The van der Waals surface area contributed by atoms with Crippen molar-refractivity contribution in [1.82, 2.24) is 9.97 Å². The summed E-state index contributed by atoms with van der Waals surface area (Å²) in [4.78, 5) is 10.1. The number of benzene rings is 9. The first-order valence-corrected chi connectivity index (χ1v) is 19.6. The Kier molecular flexibility index (Phi) is 6.88. The molecule has 2 heteroatoms. The largest absolute Gasteiger partial charge is 0.228 e. The molecule has 1 heterocycles. The molecule has 57 heavy (non-hydrogen) atoms. The summed E-state index contributed by atoms with van der Waals surface area (Å²) in [6.07, 6.45) is 0. The molecule has 9 aromatic carbocycles. The highest BCUT2D eigenvalue weighted by Gasteiger charge is 2.52. The zero-order valence-electron chi connectivity index (χ0n) is 31.0. The highest BCUT2D eigenvalue weighted by atomic mass is 14.9. The first-order chi connectivity index (χ1) is 28.2. The first-order valence-electron chi connectivity index (χ1n) is 19.6. The fraction of sp³-hybridized carbons (Fsp3) is 0.0182. The lowest BCUT2D eigenvalue weighted by Crippen LogP contribution is -2.25. The fourth-order valence-corrected chi connectivity index (χ4v) is 9.73. The lowest BCUT2D eigenvalue weighted by Gasteiger charge is -2.30. The van der Waals surface area contributed by atoms with Crippen molar-refractivity contribution in [2.24, 2.45) is 0 Å². The Bertz CT molecular complexity index is 3110. The standard InChI is InChI=1S/C55H34N2/c1-3-14-37(15-4-1)51-34-52(57-54(56-51)39-16-5-2-6-17-39)38-25-23-35(24-26-38)40-27-28-41-32-46-50(33-42(41)31-40)55(49-30-29-36-13-7-8-18-43(36)53(46)49)47-21-11-9-19-44(47)45-20-10-12-22-48(45)55/h1-34H. The van der Waals surface area contributed by atoms with Gasteiger partial charge in [-0.1, -0.05) is 182 Å². The van der Waals surface area contributed by atoms with Gasteiger partial charge in [-0.2, -0.15) is 0 Å². The molecule has 0 amide bonds. The molecular formula is C55H34N2. The van der Waals surface area contributed by atoms with Crippen molar-refractivity contribution >= 4 is 21.5 Å². The summed E-state index contributed by atoms with van der Waals surface area (Å²) >= 11 is 0. The van der Waals surface area contributed by atoms with E-state index in [-0.39, 0.29) is 0 Å². The van der Waals surface area contributed by atoms with Crippen LogP contribution in [0, 0.1) is 0 Å². The highest BCUT2D eigenvalue weighted by molar-refractivity contribution is 6.08. The van der Waals surface area contributed by atoms with Crippen molar-refractivity contribution in [1.29, 1.82) is 0 Å². The smallest absolute Gasteiger partial charge is 0.160 e. The lowest BCUT2D eigenvalue weighted by molar-refractivity contribution is 0.795. The Hall–Kier alpha value is -7.42. The second kappa shape index (κ2) is 12.3. The van der Waals surface area contributed by atoms with E-state index in [1.165, 1.54) is 77.2 Å². The molecular weight excluding hydrogens is 689 g/mol. The third kappa shape index (κ3) is 4.71. The highest BCUT2D eigenvalue weighted by Crippen LogP contribution is 2.64. The van der Waals surface area contributed by atoms with Crippen molar-refractivity contribution < 1.29 is 0 Å². The van der Waals surface area contributed by atoms with E-state index in [4.69, 9.17) is 9.97 Å². The summed E-state index contributed by atoms with van der Waals surface area (Å²) in [5, 5.41) is 5.06. The Labute approximate surface area is 331 Å². The fourth-order valence-electron chi connectivity index (χ4n) is 9.73. The topological polar surface area (TPSA) is 25.8 Å². The number of fused-ring (bicyclic) bond motifs is 13. The van der Waals surface area contributed by atoms with Gasteiger partial charge in [0.15, 0.2) is 5.82 Å². The summed E-state index contributed by atoms with van der Waals surface area (Å²) < 4.78 is 0. The van der Waals surface area contributed by atoms with Gasteiger partial charge in [-0.3, -0.25) is 0 Å². The molecule has 0 saturated carbocycles. The monoisotopic (exact) mass is 722 g/mol. The first kappa shape index (κ1) is 31.9. The van der Waals surface area contributed by atoms with E-state index in [1.807, 2.05) is 24.3 Å². The average Bonchev–Trinajstić information content (AvgIpc) is 3.75. The predicted molar refractivity (Wildman–Crippen MR) is 235 cm³/mol. The van der Waals surface area contributed by atoms with Gasteiger partial charge in [-0.25, -0.2) is 9.97 Å². The molecule has 10 aromatic rings. The van der Waals surface area contributed by atoms with Gasteiger partial charge in [0.1, 0.15) is 0 Å². The lowest BCUT2D eigenvalue weighted by atomic mass is 9.70. The van der Waals surface area contributed by atoms with Crippen LogP contribution in [0.4, 0.5) is 0 Å². The molecule has 1 spiro atoms. The Morgan fingerprint density at radius 3 is 1.58 bits per heavy atom. The molecule has 0 atom stereocenters. The maximum Gasteiger partial charge on any atom is 0.160 e. The molecule has 0 saturated heterocycles. The molecule has 2 aliphatic carbocycles. The van der Waals surface area contributed by atoms with Crippen molar-refractivity contribution in [3.8, 4) is 67.3 Å². The van der Waals surface area contributed by atoms with Crippen LogP contribution in [0.1, 0.15) is 22.3 Å². The van der Waals surface area contributed by atoms with E-state index in [9.17, 15) is 0 Å². The molecule has 0 unspecified atom stereocenters. The summed E-state index contributed by atoms with van der Waals surface area (Å²) in [7, 11) is 0. The molecule has 2 aliphatic rings. The Morgan fingerprint density at radius 1 is 0.298 bits per heavy atom. The second-order valence-corrected chi connectivity index (χ2v) is 15.3. The normalized spacial score (nSPS) is 13.1. The van der Waals surface area contributed by atoms with E-state index in [2.05, 4.69) is 182 Å². The van der Waals surface area contributed by atoms with E-state index in [0.717, 1.165) is 33.9 Å². The maximum atomic E-state index is 5.07. The van der Waals surface area contributed by atoms with Crippen LogP contribution in [0.5, 0.6) is 0 Å². The minimum absolute atomic E-state index is 0.400. The SMILES string of the molecule is c1ccc(-c2cc(-c3ccc(-c4ccc5cc6c(cc5c4)C4(c5ccccc5-c5ccccc54)c4ccc5ccccc5c4-6)cc3)nc(-c3ccccc3)n2)cc1. The molecule has 2 nitrogen and oxygen atoms in total. The zero-order valence-corrected chi connectivity index (χ0v) is 31.0. The van der Waals surface area contributed by atoms with Crippen LogP contribution in [0.3, 0.4) is 0 Å². The maximum absolute atomic E-state index is 5.07. The molecule has 0 N–H and O–H groups in total. The molecule has 0 radical (unpaired) electrons. The summed E-state index contributed by atoms with van der Waals surface area (Å²) in [5.74, 6) is 0.721. The molecule has 12 rings (SSSR count). The minimum Gasteiger partial charge on any atom is -0.228 e. The second-order valence-electron chi connectivity index (χ2n) is 15.3. The van der Waals surface area contributed by atoms with Crippen molar-refractivity contribution in [3.63, 3.8) is 0 Å². The van der Waals surface area contributed by atoms with Gasteiger partial charge in [0.2, 0.25) is 0 Å². The van der Waals surface area contributed by atoms with Crippen molar-refractivity contribution in [2.45, 2.75) is 5.41 Å². The van der Waals surface area contributed by atoms with Gasteiger partial charge in [0, 0.05) is 16.7 Å². The number of hydrogen-bond acceptors (Lipinski definition) is 2. The van der Waals surface area contributed by atoms with Crippen LogP contribution in [-0.2, 0) is 5.41 Å². The molecule has 0 fully saturated rings. The zero-order chi connectivity index (χ0) is 37.5. The van der Waals surface area contributed by atoms with Crippen LogP contribution >= 0.6 is 0 Å². The van der Waals surface area contributed by atoms with Crippen LogP contribution in [0.15, 0.2) is 206 Å².